The lowest BCUT2D eigenvalue weighted by molar-refractivity contribution is -0.119. The lowest BCUT2D eigenvalue weighted by Gasteiger charge is -2.21. The summed E-state index contributed by atoms with van der Waals surface area (Å²) in [5.41, 5.74) is 6.98. The van der Waals surface area contributed by atoms with Crippen LogP contribution in [0.3, 0.4) is 0 Å². The summed E-state index contributed by atoms with van der Waals surface area (Å²) >= 11 is 0. The summed E-state index contributed by atoms with van der Waals surface area (Å²) in [5.74, 6) is 1.20. The molecule has 0 saturated carbocycles. The molecule has 1 atom stereocenters. The molecule has 1 heterocycles. The Balaban J connectivity index is 2.14. The molecule has 104 valence electrons. The number of fused-ring (bicyclic) bond motifs is 1. The van der Waals surface area contributed by atoms with Crippen LogP contribution in [0.25, 0.3) is 0 Å². The monoisotopic (exact) mass is 264 g/mol. The Morgan fingerprint density at radius 1 is 1.37 bits per heavy atom. The average Bonchev–Trinajstić information content (AvgIpc) is 2.39. The second kappa shape index (κ2) is 5.82. The number of anilines is 2. The van der Waals surface area contributed by atoms with Crippen molar-refractivity contribution in [2.24, 2.45) is 5.92 Å². The number of carbonyl (C=O) groups is 1. The van der Waals surface area contributed by atoms with Crippen LogP contribution < -0.4 is 20.5 Å². The van der Waals surface area contributed by atoms with Crippen LogP contribution in [0.1, 0.15) is 26.7 Å². The first-order valence-electron chi connectivity index (χ1n) is 6.61. The molecular weight excluding hydrogens is 244 g/mol. The molecule has 0 aliphatic carbocycles. The molecule has 19 heavy (non-hydrogen) atoms. The number of nitrogens with one attached hydrogen (secondary N) is 1. The van der Waals surface area contributed by atoms with Crippen molar-refractivity contribution < 1.29 is 14.3 Å². The number of nitrogens with two attached hydrogens (primary N) is 1. The van der Waals surface area contributed by atoms with Gasteiger partial charge < -0.3 is 20.5 Å². The highest BCUT2D eigenvalue weighted by Crippen LogP contribution is 2.37. The molecule has 0 spiro atoms. The van der Waals surface area contributed by atoms with Gasteiger partial charge in [-0.05, 0) is 6.42 Å². The van der Waals surface area contributed by atoms with Gasteiger partial charge in [0.2, 0.25) is 5.91 Å². The van der Waals surface area contributed by atoms with Gasteiger partial charge in [0.15, 0.2) is 11.5 Å². The van der Waals surface area contributed by atoms with Crippen LogP contribution in [0, 0.1) is 5.92 Å². The smallest absolute Gasteiger partial charge is 0.227 e. The minimum Gasteiger partial charge on any atom is -0.486 e. The molecule has 1 aromatic carbocycles. The van der Waals surface area contributed by atoms with Gasteiger partial charge in [-0.2, -0.15) is 0 Å². The van der Waals surface area contributed by atoms with E-state index in [2.05, 4.69) is 12.2 Å². The highest BCUT2D eigenvalue weighted by molar-refractivity contribution is 5.95. The fourth-order valence-corrected chi connectivity index (χ4v) is 2.03. The zero-order chi connectivity index (χ0) is 13.8. The summed E-state index contributed by atoms with van der Waals surface area (Å²) in [6, 6.07) is 3.41. The molecule has 3 N–H and O–H groups in total. The molecule has 1 aromatic rings. The van der Waals surface area contributed by atoms with E-state index in [0.29, 0.717) is 36.1 Å². The number of hydrogen-bond donors (Lipinski definition) is 2. The number of benzene rings is 1. The number of rotatable bonds is 4. The van der Waals surface area contributed by atoms with Crippen LogP contribution in [-0.4, -0.2) is 19.1 Å². The lowest BCUT2D eigenvalue weighted by Crippen LogP contribution is -2.21. The SMILES string of the molecule is CCCC(C)C(=O)Nc1cc2c(cc1N)OCCO2. The van der Waals surface area contributed by atoms with E-state index in [9.17, 15) is 4.79 Å². The predicted molar refractivity (Wildman–Crippen MR) is 74.5 cm³/mol. The fourth-order valence-electron chi connectivity index (χ4n) is 2.03. The van der Waals surface area contributed by atoms with Crippen LogP contribution in [0.5, 0.6) is 11.5 Å². The van der Waals surface area contributed by atoms with E-state index in [-0.39, 0.29) is 11.8 Å². The van der Waals surface area contributed by atoms with Gasteiger partial charge in [-0.25, -0.2) is 0 Å². The van der Waals surface area contributed by atoms with E-state index in [0.717, 1.165) is 12.8 Å². The van der Waals surface area contributed by atoms with Gasteiger partial charge in [-0.15, -0.1) is 0 Å². The van der Waals surface area contributed by atoms with Crippen molar-refractivity contribution in [3.63, 3.8) is 0 Å². The Hall–Kier alpha value is -1.91. The average molecular weight is 264 g/mol. The number of ether oxygens (including phenoxy) is 2. The molecule has 5 nitrogen and oxygen atoms in total. The minimum absolute atomic E-state index is 0.0229. The lowest BCUT2D eigenvalue weighted by atomic mass is 10.1. The predicted octanol–water partition coefficient (Wildman–Crippen LogP) is 2.41. The molecule has 1 unspecified atom stereocenters. The Morgan fingerprint density at radius 3 is 2.63 bits per heavy atom. The number of amides is 1. The molecule has 0 bridgehead atoms. The van der Waals surface area contributed by atoms with Gasteiger partial charge in [0, 0.05) is 18.1 Å². The second-order valence-electron chi connectivity index (χ2n) is 4.76. The quantitative estimate of drug-likeness (QED) is 0.819. The minimum atomic E-state index is -0.0300. The van der Waals surface area contributed by atoms with Gasteiger partial charge in [0.25, 0.3) is 0 Å². The fraction of sp³-hybridized carbons (Fsp3) is 0.500. The van der Waals surface area contributed by atoms with Crippen molar-refractivity contribution in [3.8, 4) is 11.5 Å². The maximum absolute atomic E-state index is 12.0. The summed E-state index contributed by atoms with van der Waals surface area (Å²) in [6.07, 6.45) is 1.83. The Labute approximate surface area is 113 Å². The van der Waals surface area contributed by atoms with Crippen molar-refractivity contribution in [1.82, 2.24) is 0 Å². The number of nitrogen functional groups attached to an aromatic ring is 1. The van der Waals surface area contributed by atoms with Crippen molar-refractivity contribution in [1.29, 1.82) is 0 Å². The molecule has 1 aliphatic heterocycles. The molecule has 5 heteroatoms. The van der Waals surface area contributed by atoms with Crippen molar-refractivity contribution in [3.05, 3.63) is 12.1 Å². The molecule has 0 radical (unpaired) electrons. The number of carbonyl (C=O) groups excluding carboxylic acids is 1. The maximum Gasteiger partial charge on any atom is 0.227 e. The topological polar surface area (TPSA) is 73.6 Å². The molecule has 1 aliphatic rings. The van der Waals surface area contributed by atoms with Gasteiger partial charge in [-0.3, -0.25) is 4.79 Å². The van der Waals surface area contributed by atoms with Crippen molar-refractivity contribution in [2.75, 3.05) is 24.3 Å². The van der Waals surface area contributed by atoms with E-state index in [1.807, 2.05) is 6.92 Å². The summed E-state index contributed by atoms with van der Waals surface area (Å²) in [4.78, 5) is 12.0. The second-order valence-corrected chi connectivity index (χ2v) is 4.76. The first kappa shape index (κ1) is 13.5. The standard InChI is InChI=1S/C14H20N2O3/c1-3-4-9(2)14(17)16-11-8-13-12(7-10(11)15)18-5-6-19-13/h7-9H,3-6,15H2,1-2H3,(H,16,17). The molecule has 0 saturated heterocycles. The first-order chi connectivity index (χ1) is 9.11. The normalized spacial score (nSPS) is 14.8. The van der Waals surface area contributed by atoms with Gasteiger partial charge >= 0.3 is 0 Å². The Morgan fingerprint density at radius 2 is 2.00 bits per heavy atom. The van der Waals surface area contributed by atoms with Crippen LogP contribution >= 0.6 is 0 Å². The zero-order valence-corrected chi connectivity index (χ0v) is 11.4. The Bertz CT molecular complexity index is 474. The highest BCUT2D eigenvalue weighted by Gasteiger charge is 2.18. The Kier molecular flexibility index (Phi) is 4.14. The van der Waals surface area contributed by atoms with E-state index >= 15 is 0 Å². The molecule has 1 amide bonds. The summed E-state index contributed by atoms with van der Waals surface area (Å²) in [5, 5.41) is 2.85. The molecule has 2 rings (SSSR count). The third-order valence-corrected chi connectivity index (χ3v) is 3.14. The van der Waals surface area contributed by atoms with Crippen LogP contribution in [-0.2, 0) is 4.79 Å². The van der Waals surface area contributed by atoms with E-state index < -0.39 is 0 Å². The van der Waals surface area contributed by atoms with E-state index in [1.54, 1.807) is 12.1 Å². The summed E-state index contributed by atoms with van der Waals surface area (Å²) in [7, 11) is 0. The molecule has 0 fully saturated rings. The van der Waals surface area contributed by atoms with Crippen molar-refractivity contribution in [2.45, 2.75) is 26.7 Å². The highest BCUT2D eigenvalue weighted by atomic mass is 16.6. The largest absolute Gasteiger partial charge is 0.486 e. The van der Waals surface area contributed by atoms with Gasteiger partial charge in [0.1, 0.15) is 13.2 Å². The summed E-state index contributed by atoms with van der Waals surface area (Å²) in [6.45, 7) is 5.00. The van der Waals surface area contributed by atoms with E-state index in [1.165, 1.54) is 0 Å². The van der Waals surface area contributed by atoms with Crippen LogP contribution in [0.15, 0.2) is 12.1 Å². The van der Waals surface area contributed by atoms with Gasteiger partial charge in [0.05, 0.1) is 11.4 Å². The van der Waals surface area contributed by atoms with E-state index in [4.69, 9.17) is 15.2 Å². The third kappa shape index (κ3) is 3.10. The first-order valence-corrected chi connectivity index (χ1v) is 6.61. The molecular formula is C14H20N2O3. The summed E-state index contributed by atoms with van der Waals surface area (Å²) < 4.78 is 10.9. The number of hydrogen-bond acceptors (Lipinski definition) is 4. The van der Waals surface area contributed by atoms with Gasteiger partial charge in [-0.1, -0.05) is 20.3 Å². The zero-order valence-electron chi connectivity index (χ0n) is 11.4. The third-order valence-electron chi connectivity index (χ3n) is 3.14. The molecule has 0 aromatic heterocycles. The maximum atomic E-state index is 12.0. The van der Waals surface area contributed by atoms with Crippen LogP contribution in [0.4, 0.5) is 11.4 Å². The van der Waals surface area contributed by atoms with Crippen LogP contribution in [0.2, 0.25) is 0 Å². The van der Waals surface area contributed by atoms with Crippen molar-refractivity contribution >= 4 is 17.3 Å².